The van der Waals surface area contributed by atoms with E-state index in [1.54, 1.807) is 0 Å². The number of hydrogen-bond donors (Lipinski definition) is 2. The molecule has 0 atom stereocenters. The van der Waals surface area contributed by atoms with Gasteiger partial charge in [-0.15, -0.1) is 0 Å². The molecule has 2 N–H and O–H groups in total. The minimum Gasteiger partial charge on any atom is -0.310 e. The molecule has 31 heavy (non-hydrogen) atoms. The zero-order valence-electron chi connectivity index (χ0n) is 16.5. The molecule has 0 saturated carbocycles. The van der Waals surface area contributed by atoms with Crippen LogP contribution in [0, 0.1) is 5.82 Å². The summed E-state index contributed by atoms with van der Waals surface area (Å²) in [6.07, 6.45) is 0. The summed E-state index contributed by atoms with van der Waals surface area (Å²) in [6, 6.07) is 18.1. The molecule has 0 aliphatic carbocycles. The molecule has 7 nitrogen and oxygen atoms in total. The Hall–Kier alpha value is -3.72. The van der Waals surface area contributed by atoms with Crippen molar-refractivity contribution >= 4 is 38.6 Å². The van der Waals surface area contributed by atoms with Crippen LogP contribution < -0.4 is 10.0 Å². The van der Waals surface area contributed by atoms with E-state index < -0.39 is 21.7 Å². The molecular formula is C22H19FN4O3S. The van der Waals surface area contributed by atoms with Gasteiger partial charge in [-0.05, 0) is 67.6 Å². The summed E-state index contributed by atoms with van der Waals surface area (Å²) in [5.74, 6) is -0.446. The molecule has 1 amide bonds. The molecule has 4 aromatic rings. The fraction of sp³-hybridized carbons (Fsp3) is 0.0909. The van der Waals surface area contributed by atoms with Crippen molar-refractivity contribution in [2.75, 3.05) is 10.0 Å². The predicted molar refractivity (Wildman–Crippen MR) is 117 cm³/mol. The monoisotopic (exact) mass is 438 g/mol. The Kier molecular flexibility index (Phi) is 5.43. The summed E-state index contributed by atoms with van der Waals surface area (Å²) in [5.41, 5.74) is 2.21. The van der Waals surface area contributed by atoms with Crippen molar-refractivity contribution in [2.45, 2.75) is 18.4 Å². The molecule has 4 rings (SSSR count). The van der Waals surface area contributed by atoms with Gasteiger partial charge in [-0.3, -0.25) is 14.8 Å². The Balaban J connectivity index is 1.52. The van der Waals surface area contributed by atoms with E-state index in [1.165, 1.54) is 36.4 Å². The number of nitrogens with zero attached hydrogens (tertiary/aromatic N) is 2. The van der Waals surface area contributed by atoms with E-state index >= 15 is 0 Å². The van der Waals surface area contributed by atoms with Crippen LogP contribution in [0.1, 0.15) is 17.3 Å². The quantitative estimate of drug-likeness (QED) is 0.471. The maximum atomic E-state index is 13.0. The summed E-state index contributed by atoms with van der Waals surface area (Å²) >= 11 is 0. The van der Waals surface area contributed by atoms with Crippen LogP contribution in [0.4, 0.5) is 16.0 Å². The first kappa shape index (κ1) is 20.5. The van der Waals surface area contributed by atoms with Crippen molar-refractivity contribution in [3.8, 4) is 0 Å². The van der Waals surface area contributed by atoms with Gasteiger partial charge < -0.3 is 4.57 Å². The highest BCUT2D eigenvalue weighted by molar-refractivity contribution is 7.92. The number of carbonyl (C=O) groups is 1. The third-order valence-electron chi connectivity index (χ3n) is 4.72. The fourth-order valence-electron chi connectivity index (χ4n) is 3.18. The lowest BCUT2D eigenvalue weighted by molar-refractivity contribution is 0.102. The summed E-state index contributed by atoms with van der Waals surface area (Å²) in [4.78, 5) is 17.1. The normalized spacial score (nSPS) is 11.4. The number of rotatable bonds is 6. The number of halogens is 1. The summed E-state index contributed by atoms with van der Waals surface area (Å²) in [5, 5.41) is 2.78. The van der Waals surface area contributed by atoms with Crippen LogP contribution in [0.5, 0.6) is 0 Å². The zero-order valence-corrected chi connectivity index (χ0v) is 17.4. The molecule has 3 aromatic carbocycles. The summed E-state index contributed by atoms with van der Waals surface area (Å²) in [6.45, 7) is 2.58. The number of anilines is 2. The third-order valence-corrected chi connectivity index (χ3v) is 6.12. The molecule has 0 radical (unpaired) electrons. The second-order valence-electron chi connectivity index (χ2n) is 6.76. The van der Waals surface area contributed by atoms with Crippen LogP contribution in [-0.2, 0) is 16.6 Å². The number of nitrogens with one attached hydrogen (secondary N) is 2. The number of para-hydroxylation sites is 2. The minimum absolute atomic E-state index is 0.0193. The van der Waals surface area contributed by atoms with Crippen molar-refractivity contribution < 1.29 is 17.6 Å². The van der Waals surface area contributed by atoms with Gasteiger partial charge >= 0.3 is 0 Å². The highest BCUT2D eigenvalue weighted by Crippen LogP contribution is 2.21. The van der Waals surface area contributed by atoms with Gasteiger partial charge in [-0.25, -0.2) is 17.8 Å². The molecule has 0 aliphatic rings. The van der Waals surface area contributed by atoms with Crippen molar-refractivity contribution in [3.05, 3.63) is 84.2 Å². The Morgan fingerprint density at radius 2 is 1.68 bits per heavy atom. The van der Waals surface area contributed by atoms with Crippen LogP contribution in [0.15, 0.2) is 77.7 Å². The van der Waals surface area contributed by atoms with Crippen molar-refractivity contribution in [3.63, 3.8) is 0 Å². The molecule has 0 bridgehead atoms. The molecule has 0 saturated heterocycles. The van der Waals surface area contributed by atoms with E-state index in [0.717, 1.165) is 23.2 Å². The number of aromatic nitrogens is 2. The number of amides is 1. The Morgan fingerprint density at radius 3 is 2.35 bits per heavy atom. The number of carbonyl (C=O) groups excluding carboxylic acids is 1. The largest absolute Gasteiger partial charge is 0.310 e. The second kappa shape index (κ2) is 8.19. The van der Waals surface area contributed by atoms with E-state index in [1.807, 2.05) is 35.8 Å². The van der Waals surface area contributed by atoms with Gasteiger partial charge in [-0.2, -0.15) is 0 Å². The van der Waals surface area contributed by atoms with Gasteiger partial charge in [0.15, 0.2) is 0 Å². The maximum Gasteiger partial charge on any atom is 0.261 e. The van der Waals surface area contributed by atoms with E-state index in [0.29, 0.717) is 12.5 Å². The van der Waals surface area contributed by atoms with Gasteiger partial charge in [0.05, 0.1) is 15.9 Å². The smallest absolute Gasteiger partial charge is 0.261 e. The first-order chi connectivity index (χ1) is 14.9. The number of sulfonamides is 1. The molecule has 0 spiro atoms. The van der Waals surface area contributed by atoms with E-state index in [-0.39, 0.29) is 16.1 Å². The standard InChI is InChI=1S/C22H19FN4O3S/c1-2-27-20-6-4-3-5-19(20)24-22(27)25-21(28)15-7-13-18(14-8-15)31(29,30)26-17-11-9-16(23)10-12-17/h3-14,26H,2H2,1H3,(H,24,25,28). The summed E-state index contributed by atoms with van der Waals surface area (Å²) < 4.78 is 42.3. The SMILES string of the molecule is CCn1c(NC(=O)c2ccc(S(=O)(=O)Nc3ccc(F)cc3)cc2)nc2ccccc21. The Bertz CT molecular complexity index is 1350. The third kappa shape index (κ3) is 4.26. The van der Waals surface area contributed by atoms with Crippen LogP contribution in [0.3, 0.4) is 0 Å². The second-order valence-corrected chi connectivity index (χ2v) is 8.44. The average molecular weight is 438 g/mol. The molecule has 0 aliphatic heterocycles. The molecule has 9 heteroatoms. The predicted octanol–water partition coefficient (Wildman–Crippen LogP) is 4.25. The van der Waals surface area contributed by atoms with Crippen LogP contribution in [0.25, 0.3) is 11.0 Å². The maximum absolute atomic E-state index is 13.0. The molecule has 158 valence electrons. The molecule has 0 fully saturated rings. The van der Waals surface area contributed by atoms with E-state index in [9.17, 15) is 17.6 Å². The summed E-state index contributed by atoms with van der Waals surface area (Å²) in [7, 11) is -3.88. The number of aryl methyl sites for hydroxylation is 1. The van der Waals surface area contributed by atoms with Crippen molar-refractivity contribution in [2.24, 2.45) is 0 Å². The molecule has 0 unspecified atom stereocenters. The number of benzene rings is 3. The highest BCUT2D eigenvalue weighted by Gasteiger charge is 2.17. The topological polar surface area (TPSA) is 93.1 Å². The van der Waals surface area contributed by atoms with E-state index in [4.69, 9.17) is 0 Å². The molecule has 1 aromatic heterocycles. The number of hydrogen-bond acceptors (Lipinski definition) is 4. The zero-order chi connectivity index (χ0) is 22.0. The lowest BCUT2D eigenvalue weighted by atomic mass is 10.2. The minimum atomic E-state index is -3.88. The number of fused-ring (bicyclic) bond motifs is 1. The molecular weight excluding hydrogens is 419 g/mol. The van der Waals surface area contributed by atoms with Crippen molar-refractivity contribution in [1.29, 1.82) is 0 Å². The Labute approximate surface area is 178 Å². The van der Waals surface area contributed by atoms with Crippen LogP contribution >= 0.6 is 0 Å². The number of imidazole rings is 1. The fourth-order valence-corrected chi connectivity index (χ4v) is 4.24. The van der Waals surface area contributed by atoms with Gasteiger partial charge in [0.2, 0.25) is 5.95 Å². The lowest BCUT2D eigenvalue weighted by Gasteiger charge is -2.10. The lowest BCUT2D eigenvalue weighted by Crippen LogP contribution is -2.17. The van der Waals surface area contributed by atoms with Gasteiger partial charge in [-0.1, -0.05) is 12.1 Å². The van der Waals surface area contributed by atoms with Crippen molar-refractivity contribution in [1.82, 2.24) is 9.55 Å². The van der Waals surface area contributed by atoms with E-state index in [2.05, 4.69) is 15.0 Å². The highest BCUT2D eigenvalue weighted by atomic mass is 32.2. The Morgan fingerprint density at radius 1 is 1.00 bits per heavy atom. The average Bonchev–Trinajstić information content (AvgIpc) is 3.12. The first-order valence-corrected chi connectivity index (χ1v) is 11.0. The van der Waals surface area contributed by atoms with Crippen LogP contribution in [0.2, 0.25) is 0 Å². The first-order valence-electron chi connectivity index (χ1n) is 9.52. The van der Waals surface area contributed by atoms with Gasteiger partial charge in [0.25, 0.3) is 15.9 Å². The van der Waals surface area contributed by atoms with Gasteiger partial charge in [0.1, 0.15) is 5.82 Å². The van der Waals surface area contributed by atoms with Gasteiger partial charge in [0, 0.05) is 17.8 Å². The van der Waals surface area contributed by atoms with Crippen LogP contribution in [-0.4, -0.2) is 23.9 Å². The molecule has 1 heterocycles.